The molecule has 0 unspecified atom stereocenters. The van der Waals surface area contributed by atoms with Crippen LogP contribution < -0.4 is 0 Å². The van der Waals surface area contributed by atoms with Gasteiger partial charge in [0.15, 0.2) is 0 Å². The van der Waals surface area contributed by atoms with Gasteiger partial charge in [0.25, 0.3) is 0 Å². The highest BCUT2D eigenvalue weighted by Crippen LogP contribution is 2.25. The van der Waals surface area contributed by atoms with Gasteiger partial charge in [0, 0.05) is 0 Å². The van der Waals surface area contributed by atoms with E-state index in [9.17, 15) is 4.79 Å². The molecule has 2 aromatic rings. The first-order valence-corrected chi connectivity index (χ1v) is 6.05. The number of rotatable bonds is 3. The third kappa shape index (κ3) is 2.59. The molecule has 0 bridgehead atoms. The van der Waals surface area contributed by atoms with Crippen molar-refractivity contribution in [3.05, 3.63) is 59.7 Å². The first-order valence-electron chi connectivity index (χ1n) is 6.05. The lowest BCUT2D eigenvalue weighted by atomic mass is 9.98. The lowest BCUT2D eigenvalue weighted by molar-refractivity contribution is 0.0527. The van der Waals surface area contributed by atoms with Crippen LogP contribution in [0.1, 0.15) is 22.8 Å². The number of ether oxygens (including phenoxy) is 1. The molecule has 2 aromatic carbocycles. The van der Waals surface area contributed by atoms with Crippen LogP contribution in [-0.4, -0.2) is 12.6 Å². The van der Waals surface area contributed by atoms with E-state index in [4.69, 9.17) is 4.74 Å². The number of aryl methyl sites for hydroxylation is 1. The largest absolute Gasteiger partial charge is 0.462 e. The molecule has 2 nitrogen and oxygen atoms in total. The molecule has 2 rings (SSSR count). The van der Waals surface area contributed by atoms with Crippen LogP contribution in [0, 0.1) is 6.92 Å². The molecule has 92 valence electrons. The van der Waals surface area contributed by atoms with Gasteiger partial charge >= 0.3 is 5.97 Å². The number of esters is 1. The Morgan fingerprint density at radius 1 is 1.11 bits per heavy atom. The van der Waals surface area contributed by atoms with Crippen molar-refractivity contribution in [3.8, 4) is 11.1 Å². The second kappa shape index (κ2) is 5.50. The Labute approximate surface area is 107 Å². The van der Waals surface area contributed by atoms with E-state index in [1.807, 2.05) is 50.2 Å². The summed E-state index contributed by atoms with van der Waals surface area (Å²) in [7, 11) is 0. The highest BCUT2D eigenvalue weighted by atomic mass is 16.5. The standard InChI is InChI=1S/C16H16O2/c1-3-18-16(17)15-10-5-4-9-14(15)13-8-6-7-12(2)11-13/h4-11H,3H2,1-2H3. The summed E-state index contributed by atoms with van der Waals surface area (Å²) < 4.78 is 5.08. The van der Waals surface area contributed by atoms with Gasteiger partial charge in [0.1, 0.15) is 0 Å². The predicted molar refractivity (Wildman–Crippen MR) is 72.6 cm³/mol. The summed E-state index contributed by atoms with van der Waals surface area (Å²) >= 11 is 0. The molecule has 0 saturated carbocycles. The first-order chi connectivity index (χ1) is 8.72. The summed E-state index contributed by atoms with van der Waals surface area (Å²) in [5.74, 6) is -0.269. The van der Waals surface area contributed by atoms with Crippen LogP contribution in [0.5, 0.6) is 0 Å². The Hall–Kier alpha value is -2.09. The van der Waals surface area contributed by atoms with Crippen molar-refractivity contribution in [3.63, 3.8) is 0 Å². The minimum atomic E-state index is -0.269. The van der Waals surface area contributed by atoms with E-state index in [1.54, 1.807) is 6.07 Å². The van der Waals surface area contributed by atoms with Crippen molar-refractivity contribution in [2.24, 2.45) is 0 Å². The summed E-state index contributed by atoms with van der Waals surface area (Å²) in [4.78, 5) is 11.9. The fraction of sp³-hybridized carbons (Fsp3) is 0.188. The number of carbonyl (C=O) groups excluding carboxylic acids is 1. The smallest absolute Gasteiger partial charge is 0.338 e. The lowest BCUT2D eigenvalue weighted by Gasteiger charge is -2.09. The minimum absolute atomic E-state index is 0.269. The van der Waals surface area contributed by atoms with Crippen molar-refractivity contribution in [1.82, 2.24) is 0 Å². The van der Waals surface area contributed by atoms with Gasteiger partial charge in [-0.3, -0.25) is 0 Å². The van der Waals surface area contributed by atoms with Crippen LogP contribution in [0.15, 0.2) is 48.5 Å². The van der Waals surface area contributed by atoms with Gasteiger partial charge in [-0.05, 0) is 31.0 Å². The monoisotopic (exact) mass is 240 g/mol. The zero-order chi connectivity index (χ0) is 13.0. The summed E-state index contributed by atoms with van der Waals surface area (Å²) in [6.07, 6.45) is 0. The Morgan fingerprint density at radius 2 is 1.89 bits per heavy atom. The van der Waals surface area contributed by atoms with Crippen LogP contribution >= 0.6 is 0 Å². The molecule has 0 radical (unpaired) electrons. The molecule has 0 spiro atoms. The Kier molecular flexibility index (Phi) is 3.78. The van der Waals surface area contributed by atoms with Crippen molar-refractivity contribution >= 4 is 5.97 Å². The second-order valence-corrected chi connectivity index (χ2v) is 4.14. The predicted octanol–water partition coefficient (Wildman–Crippen LogP) is 3.84. The average molecular weight is 240 g/mol. The van der Waals surface area contributed by atoms with Crippen molar-refractivity contribution in [2.45, 2.75) is 13.8 Å². The maximum Gasteiger partial charge on any atom is 0.338 e. The third-order valence-electron chi connectivity index (χ3n) is 2.75. The molecule has 0 heterocycles. The third-order valence-corrected chi connectivity index (χ3v) is 2.75. The zero-order valence-electron chi connectivity index (χ0n) is 10.6. The minimum Gasteiger partial charge on any atom is -0.462 e. The molecule has 0 aromatic heterocycles. The van der Waals surface area contributed by atoms with Gasteiger partial charge in [-0.15, -0.1) is 0 Å². The average Bonchev–Trinajstić information content (AvgIpc) is 2.39. The fourth-order valence-corrected chi connectivity index (χ4v) is 1.93. The second-order valence-electron chi connectivity index (χ2n) is 4.14. The number of hydrogen-bond acceptors (Lipinski definition) is 2. The molecule has 0 amide bonds. The molecule has 0 fully saturated rings. The van der Waals surface area contributed by atoms with Crippen LogP contribution in [0.25, 0.3) is 11.1 Å². The van der Waals surface area contributed by atoms with Crippen molar-refractivity contribution in [1.29, 1.82) is 0 Å². The van der Waals surface area contributed by atoms with Crippen LogP contribution in [-0.2, 0) is 4.74 Å². The molecule has 0 saturated heterocycles. The van der Waals surface area contributed by atoms with E-state index in [-0.39, 0.29) is 5.97 Å². The first kappa shape index (κ1) is 12.4. The molecule has 0 aliphatic heterocycles. The molecule has 2 heteroatoms. The highest BCUT2D eigenvalue weighted by Gasteiger charge is 2.12. The van der Waals surface area contributed by atoms with E-state index in [0.717, 1.165) is 11.1 Å². The molecule has 18 heavy (non-hydrogen) atoms. The van der Waals surface area contributed by atoms with Gasteiger partial charge in [0.2, 0.25) is 0 Å². The fourth-order valence-electron chi connectivity index (χ4n) is 1.93. The number of carbonyl (C=O) groups is 1. The molecule has 0 N–H and O–H groups in total. The number of hydrogen-bond donors (Lipinski definition) is 0. The molecular formula is C16H16O2. The van der Waals surface area contributed by atoms with E-state index < -0.39 is 0 Å². The van der Waals surface area contributed by atoms with E-state index in [0.29, 0.717) is 12.2 Å². The molecule has 0 atom stereocenters. The van der Waals surface area contributed by atoms with Crippen LogP contribution in [0.4, 0.5) is 0 Å². The lowest BCUT2D eigenvalue weighted by Crippen LogP contribution is -2.06. The topological polar surface area (TPSA) is 26.3 Å². The van der Waals surface area contributed by atoms with E-state index >= 15 is 0 Å². The van der Waals surface area contributed by atoms with E-state index in [2.05, 4.69) is 6.07 Å². The summed E-state index contributed by atoms with van der Waals surface area (Å²) in [5.41, 5.74) is 3.74. The molecule has 0 aliphatic carbocycles. The summed E-state index contributed by atoms with van der Waals surface area (Å²) in [5, 5.41) is 0. The van der Waals surface area contributed by atoms with E-state index in [1.165, 1.54) is 5.56 Å². The van der Waals surface area contributed by atoms with Gasteiger partial charge < -0.3 is 4.74 Å². The normalized spacial score (nSPS) is 10.1. The van der Waals surface area contributed by atoms with Crippen molar-refractivity contribution in [2.75, 3.05) is 6.61 Å². The summed E-state index contributed by atoms with van der Waals surface area (Å²) in [6.45, 7) is 4.24. The van der Waals surface area contributed by atoms with Crippen molar-refractivity contribution < 1.29 is 9.53 Å². The molecular weight excluding hydrogens is 224 g/mol. The van der Waals surface area contributed by atoms with Gasteiger partial charge in [0.05, 0.1) is 12.2 Å². The molecule has 0 aliphatic rings. The van der Waals surface area contributed by atoms with Crippen LogP contribution in [0.2, 0.25) is 0 Å². The Morgan fingerprint density at radius 3 is 2.61 bits per heavy atom. The van der Waals surface area contributed by atoms with Crippen LogP contribution in [0.3, 0.4) is 0 Å². The Bertz CT molecular complexity index is 559. The number of benzene rings is 2. The highest BCUT2D eigenvalue weighted by molar-refractivity contribution is 5.97. The summed E-state index contributed by atoms with van der Waals surface area (Å²) in [6, 6.07) is 15.6. The SMILES string of the molecule is CCOC(=O)c1ccccc1-c1cccc(C)c1. The van der Waals surface area contributed by atoms with Gasteiger partial charge in [-0.25, -0.2) is 4.79 Å². The van der Waals surface area contributed by atoms with Gasteiger partial charge in [-0.1, -0.05) is 48.0 Å². The Balaban J connectivity index is 2.48. The maximum absolute atomic E-state index is 11.9. The van der Waals surface area contributed by atoms with Gasteiger partial charge in [-0.2, -0.15) is 0 Å². The quantitative estimate of drug-likeness (QED) is 0.762. The zero-order valence-corrected chi connectivity index (χ0v) is 10.6. The maximum atomic E-state index is 11.9.